The number of rotatable bonds is 22. The number of hydrogen-bond acceptors (Lipinski definition) is 12. The van der Waals surface area contributed by atoms with Gasteiger partial charge in [-0.1, -0.05) is 64.8 Å². The van der Waals surface area contributed by atoms with Gasteiger partial charge >= 0.3 is 0 Å². The van der Waals surface area contributed by atoms with Crippen LogP contribution in [0.1, 0.15) is 104 Å². The van der Waals surface area contributed by atoms with Crippen LogP contribution in [0.4, 0.5) is 0 Å². The van der Waals surface area contributed by atoms with Gasteiger partial charge in [0.25, 0.3) is 0 Å². The average Bonchev–Trinajstić information content (AvgIpc) is 3.64. The summed E-state index contributed by atoms with van der Waals surface area (Å²) in [4.78, 5) is 61.2. The Kier molecular flexibility index (Phi) is 15.8. The van der Waals surface area contributed by atoms with Gasteiger partial charge in [0.05, 0.1) is 58.3 Å². The Hall–Kier alpha value is -3.39. The van der Waals surface area contributed by atoms with E-state index in [1.54, 1.807) is 15.9 Å². The molecule has 1 N–H and O–H groups in total. The fourth-order valence-corrected chi connectivity index (χ4v) is 4.57. The van der Waals surface area contributed by atoms with E-state index in [2.05, 4.69) is 26.0 Å². The summed E-state index contributed by atoms with van der Waals surface area (Å²) < 4.78 is 12.7. The zero-order valence-corrected chi connectivity index (χ0v) is 28.7. The van der Waals surface area contributed by atoms with Crippen LogP contribution in [0.5, 0.6) is 0 Å². The van der Waals surface area contributed by atoms with Gasteiger partial charge in [-0.2, -0.15) is 5.11 Å². The predicted octanol–water partition coefficient (Wildman–Crippen LogP) is 3.58. The molecular formula is C32H53N7O7. The van der Waals surface area contributed by atoms with E-state index in [0.717, 1.165) is 6.42 Å². The van der Waals surface area contributed by atoms with Gasteiger partial charge in [-0.05, 0) is 19.8 Å². The summed E-state index contributed by atoms with van der Waals surface area (Å²) in [5, 5.41) is 20.5. The lowest BCUT2D eigenvalue weighted by molar-refractivity contribution is -0.128. The minimum Gasteiger partial charge on any atom is -0.379 e. The zero-order chi connectivity index (χ0) is 34.3. The van der Waals surface area contributed by atoms with Gasteiger partial charge in [0.1, 0.15) is 11.5 Å². The van der Waals surface area contributed by atoms with Crippen molar-refractivity contribution in [2.24, 2.45) is 21.2 Å². The molecule has 14 heteroatoms. The van der Waals surface area contributed by atoms with Crippen LogP contribution in [0, 0.1) is 10.8 Å². The summed E-state index contributed by atoms with van der Waals surface area (Å²) in [6.07, 6.45) is 5.20. The summed E-state index contributed by atoms with van der Waals surface area (Å²) in [6.45, 7) is 15.1. The second kappa shape index (κ2) is 18.7. The topological polar surface area (TPSA) is 175 Å². The van der Waals surface area contributed by atoms with Gasteiger partial charge < -0.3 is 14.8 Å². The van der Waals surface area contributed by atoms with E-state index in [4.69, 9.17) is 9.47 Å². The molecule has 0 aromatic carbocycles. The maximum atomic E-state index is 12.4. The van der Waals surface area contributed by atoms with Crippen molar-refractivity contribution in [1.82, 2.24) is 25.3 Å². The van der Waals surface area contributed by atoms with Gasteiger partial charge in [0.2, 0.25) is 5.91 Å². The number of nitrogens with one attached hydrogen (secondary N) is 1. The van der Waals surface area contributed by atoms with Crippen LogP contribution in [-0.2, 0) is 35.2 Å². The number of Topliss-reactive ketones (excluding diaryl/α,β-unsaturated/α-hetero) is 4. The number of ketones is 4. The van der Waals surface area contributed by atoms with E-state index in [9.17, 15) is 24.0 Å². The van der Waals surface area contributed by atoms with E-state index in [-0.39, 0.29) is 42.1 Å². The lowest BCUT2D eigenvalue weighted by atomic mass is 9.87. The first-order valence-corrected chi connectivity index (χ1v) is 16.2. The van der Waals surface area contributed by atoms with Gasteiger partial charge in [-0.15, -0.1) is 5.10 Å². The smallest absolute Gasteiger partial charge is 0.222 e. The number of hydrogen-bond donors (Lipinski definition) is 1. The second-order valence-corrected chi connectivity index (χ2v) is 13.8. The maximum Gasteiger partial charge on any atom is 0.222 e. The molecule has 46 heavy (non-hydrogen) atoms. The SMILES string of the molecule is CC(=O)[C@H](CCCCCC(=O)CCOCCn1cc(C(=O)C(C)(C)C)nn1)NC(=O)CCOCCN1CC(C(=O)C(C)(C)C)N=N1. The molecule has 0 saturated carbocycles. The Morgan fingerprint density at radius 2 is 1.57 bits per heavy atom. The summed E-state index contributed by atoms with van der Waals surface area (Å²) in [7, 11) is 0. The molecule has 1 aromatic rings. The first kappa shape index (κ1) is 38.8. The Bertz CT molecular complexity index is 1200. The van der Waals surface area contributed by atoms with Crippen LogP contribution in [0.2, 0.25) is 0 Å². The van der Waals surface area contributed by atoms with Crippen LogP contribution in [-0.4, -0.2) is 101 Å². The lowest BCUT2D eigenvalue weighted by Crippen LogP contribution is -2.40. The summed E-state index contributed by atoms with van der Waals surface area (Å²) >= 11 is 0. The number of ether oxygens (including phenoxy) is 2. The molecule has 1 aromatic heterocycles. The Morgan fingerprint density at radius 3 is 2.22 bits per heavy atom. The number of nitrogens with zero attached hydrogens (tertiary/aromatic N) is 6. The van der Waals surface area contributed by atoms with Crippen LogP contribution in [0.25, 0.3) is 0 Å². The molecule has 1 aliphatic rings. The van der Waals surface area contributed by atoms with Crippen LogP contribution in [0.3, 0.4) is 0 Å². The molecule has 1 unspecified atom stereocenters. The molecule has 1 amide bonds. The molecule has 1 aliphatic heterocycles. The zero-order valence-electron chi connectivity index (χ0n) is 28.7. The molecule has 2 rings (SSSR count). The third kappa shape index (κ3) is 14.4. The van der Waals surface area contributed by atoms with Crippen LogP contribution in [0.15, 0.2) is 16.5 Å². The molecule has 0 saturated heterocycles. The largest absolute Gasteiger partial charge is 0.379 e. The van der Waals surface area contributed by atoms with Gasteiger partial charge in [-0.25, -0.2) is 4.68 Å². The fourth-order valence-electron chi connectivity index (χ4n) is 4.57. The monoisotopic (exact) mass is 647 g/mol. The highest BCUT2D eigenvalue weighted by molar-refractivity contribution is 5.97. The minimum atomic E-state index is -0.563. The summed E-state index contributed by atoms with van der Waals surface area (Å²) in [5.41, 5.74) is -0.666. The number of aromatic nitrogens is 3. The quantitative estimate of drug-likeness (QED) is 0.145. The van der Waals surface area contributed by atoms with Crippen LogP contribution >= 0.6 is 0 Å². The van der Waals surface area contributed by atoms with Crippen molar-refractivity contribution >= 4 is 29.0 Å². The number of amides is 1. The van der Waals surface area contributed by atoms with Crippen LogP contribution < -0.4 is 5.32 Å². The van der Waals surface area contributed by atoms with E-state index in [1.807, 2.05) is 41.5 Å². The molecule has 0 radical (unpaired) electrons. The summed E-state index contributed by atoms with van der Waals surface area (Å²) in [5.74, 6) is -0.270. The molecule has 2 heterocycles. The lowest BCUT2D eigenvalue weighted by Gasteiger charge is -2.20. The normalized spacial score (nSPS) is 15.6. The average molecular weight is 648 g/mol. The third-order valence-electron chi connectivity index (χ3n) is 7.43. The highest BCUT2D eigenvalue weighted by atomic mass is 16.5. The molecule has 2 atom stereocenters. The first-order valence-electron chi connectivity index (χ1n) is 16.2. The summed E-state index contributed by atoms with van der Waals surface area (Å²) in [6, 6.07) is -1.02. The second-order valence-electron chi connectivity index (χ2n) is 13.8. The Labute approximate surface area is 272 Å². The van der Waals surface area contributed by atoms with Crippen molar-refractivity contribution in [1.29, 1.82) is 0 Å². The van der Waals surface area contributed by atoms with E-state index in [1.165, 1.54) is 6.92 Å². The standard InChI is InChI=1S/C32H53N7O7/c1-23(40)25(33-28(42)14-18-46-20-16-39-22-27(35-37-39)30(44)32(5,6)7)12-10-8-9-11-24(41)13-17-45-19-15-38-21-26(34-36-38)29(43)31(2,3)4/h21,25,27H,8-20,22H2,1-7H3,(H,33,42)/t25-,27?/m0/s1. The van der Waals surface area contributed by atoms with Gasteiger partial charge in [0, 0.05) is 30.1 Å². The fraction of sp³-hybridized carbons (Fsp3) is 0.781. The van der Waals surface area contributed by atoms with E-state index < -0.39 is 22.9 Å². The van der Waals surface area contributed by atoms with Gasteiger partial charge in [0.15, 0.2) is 23.4 Å². The first-order chi connectivity index (χ1) is 21.6. The minimum absolute atomic E-state index is 0.0506. The molecule has 0 bridgehead atoms. The molecule has 0 aliphatic carbocycles. The van der Waals surface area contributed by atoms with Crippen molar-refractivity contribution in [3.8, 4) is 0 Å². The van der Waals surface area contributed by atoms with Crippen molar-refractivity contribution in [2.45, 2.75) is 112 Å². The molecule has 14 nitrogen and oxygen atoms in total. The Balaban J connectivity index is 1.50. The molecule has 0 spiro atoms. The van der Waals surface area contributed by atoms with Crippen molar-refractivity contribution < 1.29 is 33.4 Å². The molecule has 0 fully saturated rings. The van der Waals surface area contributed by atoms with E-state index >= 15 is 0 Å². The van der Waals surface area contributed by atoms with Crippen molar-refractivity contribution in [3.05, 3.63) is 11.9 Å². The maximum absolute atomic E-state index is 12.4. The molecule has 258 valence electrons. The number of carbonyl (C=O) groups is 5. The highest BCUT2D eigenvalue weighted by Crippen LogP contribution is 2.22. The molecular weight excluding hydrogens is 594 g/mol. The third-order valence-corrected chi connectivity index (χ3v) is 7.43. The predicted molar refractivity (Wildman–Crippen MR) is 170 cm³/mol. The van der Waals surface area contributed by atoms with Crippen molar-refractivity contribution in [2.75, 3.05) is 39.5 Å². The van der Waals surface area contributed by atoms with E-state index in [0.29, 0.717) is 77.3 Å². The number of carbonyl (C=O) groups excluding carboxylic acids is 5. The van der Waals surface area contributed by atoms with Gasteiger partial charge in [-0.3, -0.25) is 29.0 Å². The number of unbranched alkanes of at least 4 members (excludes halogenated alkanes) is 2. The highest BCUT2D eigenvalue weighted by Gasteiger charge is 2.33. The van der Waals surface area contributed by atoms with Crippen molar-refractivity contribution in [3.63, 3.8) is 0 Å². The Morgan fingerprint density at radius 1 is 0.891 bits per heavy atom.